The fraction of sp³-hybridized carbons (Fsp3) is 0.500. The van der Waals surface area contributed by atoms with Gasteiger partial charge < -0.3 is 15.0 Å². The number of nitrogens with zero attached hydrogens (tertiary/aromatic N) is 3. The van der Waals surface area contributed by atoms with Gasteiger partial charge in [0.15, 0.2) is 0 Å². The summed E-state index contributed by atoms with van der Waals surface area (Å²) in [4.78, 5) is 28.2. The summed E-state index contributed by atoms with van der Waals surface area (Å²) in [5.74, 6) is 0.0149. The molecular weight excluding hydrogens is 264 g/mol. The Kier molecular flexibility index (Phi) is 4.14. The molecule has 1 aliphatic rings. The molecule has 1 aromatic heterocycles. The molecule has 108 valence electrons. The number of anilines is 1. The van der Waals surface area contributed by atoms with Gasteiger partial charge in [-0.3, -0.25) is 14.9 Å². The number of amides is 1. The molecule has 0 aliphatic carbocycles. The van der Waals surface area contributed by atoms with Crippen LogP contribution in [-0.4, -0.2) is 54.1 Å². The van der Waals surface area contributed by atoms with Crippen molar-refractivity contribution in [1.82, 2.24) is 9.88 Å². The predicted octanol–water partition coefficient (Wildman–Crippen LogP) is 0.892. The monoisotopic (exact) mass is 280 g/mol. The topological polar surface area (TPSA) is 97.6 Å². The molecule has 8 nitrogen and oxygen atoms in total. The number of likely N-dealkylation sites (N-methyl/N-ethyl adjacent to an activating group) is 1. The molecule has 1 aliphatic heterocycles. The summed E-state index contributed by atoms with van der Waals surface area (Å²) >= 11 is 0. The Morgan fingerprint density at radius 3 is 2.95 bits per heavy atom. The number of pyridine rings is 1. The second-order valence-corrected chi connectivity index (χ2v) is 4.53. The van der Waals surface area contributed by atoms with Gasteiger partial charge in [-0.2, -0.15) is 0 Å². The minimum atomic E-state index is -0.599. The van der Waals surface area contributed by atoms with Gasteiger partial charge in [0.1, 0.15) is 17.6 Å². The Bertz CT molecular complexity index is 528. The Morgan fingerprint density at radius 1 is 1.65 bits per heavy atom. The van der Waals surface area contributed by atoms with E-state index in [9.17, 15) is 14.9 Å². The number of nitrogens with one attached hydrogen (secondary N) is 1. The van der Waals surface area contributed by atoms with Gasteiger partial charge in [0.2, 0.25) is 0 Å². The smallest absolute Gasteiger partial charge is 0.300 e. The number of rotatable bonds is 4. The lowest BCUT2D eigenvalue weighted by molar-refractivity contribution is -0.385. The zero-order valence-electron chi connectivity index (χ0n) is 11.3. The molecule has 1 fully saturated rings. The van der Waals surface area contributed by atoms with Crippen molar-refractivity contribution >= 4 is 17.4 Å². The number of hydrogen-bond acceptors (Lipinski definition) is 6. The van der Waals surface area contributed by atoms with Crippen LogP contribution in [0.3, 0.4) is 0 Å². The van der Waals surface area contributed by atoms with Crippen LogP contribution in [0.4, 0.5) is 11.5 Å². The third-order valence-corrected chi connectivity index (χ3v) is 3.34. The van der Waals surface area contributed by atoms with Crippen LogP contribution >= 0.6 is 0 Å². The van der Waals surface area contributed by atoms with Crippen LogP contribution in [0.1, 0.15) is 16.8 Å². The number of carbonyl (C=O) groups is 1. The molecule has 2 rings (SSSR count). The van der Waals surface area contributed by atoms with Gasteiger partial charge in [0.05, 0.1) is 17.6 Å². The number of aromatic nitrogens is 1. The molecule has 1 N–H and O–H groups in total. The molecule has 0 saturated carbocycles. The minimum absolute atomic E-state index is 0.0313. The average Bonchev–Trinajstić information content (AvgIpc) is 2.99. The molecular formula is C12H16N4O4. The summed E-state index contributed by atoms with van der Waals surface area (Å²) in [6, 6.07) is 1.35. The summed E-state index contributed by atoms with van der Waals surface area (Å²) in [7, 11) is 3.27. The molecule has 0 bridgehead atoms. The highest BCUT2D eigenvalue weighted by molar-refractivity contribution is 5.98. The largest absolute Gasteiger partial charge is 0.379 e. The summed E-state index contributed by atoms with van der Waals surface area (Å²) in [6.07, 6.45) is 1.83. The van der Waals surface area contributed by atoms with Crippen molar-refractivity contribution in [2.45, 2.75) is 12.5 Å². The first-order valence-corrected chi connectivity index (χ1v) is 6.21. The molecule has 1 atom stereocenters. The average molecular weight is 280 g/mol. The van der Waals surface area contributed by atoms with E-state index in [-0.39, 0.29) is 17.3 Å². The van der Waals surface area contributed by atoms with Crippen molar-refractivity contribution in [3.63, 3.8) is 0 Å². The standard InChI is InChI=1S/C12H16N4O4/c1-13-11-5-9(10(6-14-11)16(18)19)12(17)15(2)8-3-4-20-7-8/h5-6,8H,3-4,7H2,1-2H3,(H,13,14). The molecule has 20 heavy (non-hydrogen) atoms. The molecule has 0 spiro atoms. The summed E-state index contributed by atoms with van der Waals surface area (Å²) < 4.78 is 5.23. The summed E-state index contributed by atoms with van der Waals surface area (Å²) in [5, 5.41) is 13.8. The van der Waals surface area contributed by atoms with Crippen LogP contribution in [-0.2, 0) is 4.74 Å². The van der Waals surface area contributed by atoms with Crippen molar-refractivity contribution in [3.8, 4) is 0 Å². The number of ether oxygens (including phenoxy) is 1. The Morgan fingerprint density at radius 2 is 2.40 bits per heavy atom. The third-order valence-electron chi connectivity index (χ3n) is 3.34. The zero-order chi connectivity index (χ0) is 14.7. The maximum atomic E-state index is 12.4. The van der Waals surface area contributed by atoms with Crippen LogP contribution in [0.25, 0.3) is 0 Å². The summed E-state index contributed by atoms with van der Waals surface area (Å²) in [6.45, 7) is 1.06. The molecule has 8 heteroatoms. The van der Waals surface area contributed by atoms with E-state index >= 15 is 0 Å². The lowest BCUT2D eigenvalue weighted by atomic mass is 10.1. The number of nitro groups is 1. The van der Waals surface area contributed by atoms with Crippen LogP contribution < -0.4 is 5.32 Å². The van der Waals surface area contributed by atoms with Gasteiger partial charge in [-0.1, -0.05) is 0 Å². The van der Waals surface area contributed by atoms with Gasteiger partial charge >= 0.3 is 0 Å². The quantitative estimate of drug-likeness (QED) is 0.649. The van der Waals surface area contributed by atoms with Crippen LogP contribution in [0.15, 0.2) is 12.3 Å². The van der Waals surface area contributed by atoms with Crippen molar-refractivity contribution in [1.29, 1.82) is 0 Å². The predicted molar refractivity (Wildman–Crippen MR) is 71.8 cm³/mol. The Balaban J connectivity index is 2.33. The SMILES string of the molecule is CNc1cc(C(=O)N(C)C2CCOC2)c([N+](=O)[O-])cn1. The van der Waals surface area contributed by atoms with E-state index in [1.54, 1.807) is 14.1 Å². The molecule has 1 unspecified atom stereocenters. The van der Waals surface area contributed by atoms with Crippen LogP contribution in [0.5, 0.6) is 0 Å². The van der Waals surface area contributed by atoms with Crippen molar-refractivity contribution in [3.05, 3.63) is 27.9 Å². The van der Waals surface area contributed by atoms with Gasteiger partial charge in [-0.05, 0) is 6.42 Å². The van der Waals surface area contributed by atoms with Crippen LogP contribution in [0, 0.1) is 10.1 Å². The van der Waals surface area contributed by atoms with E-state index in [0.717, 1.165) is 12.6 Å². The second kappa shape index (κ2) is 5.83. The lowest BCUT2D eigenvalue weighted by Crippen LogP contribution is -2.37. The number of carbonyl (C=O) groups excluding carboxylic acids is 1. The molecule has 0 radical (unpaired) electrons. The molecule has 1 aromatic rings. The zero-order valence-corrected chi connectivity index (χ0v) is 11.3. The van der Waals surface area contributed by atoms with E-state index in [0.29, 0.717) is 19.0 Å². The fourth-order valence-electron chi connectivity index (χ4n) is 2.09. The van der Waals surface area contributed by atoms with Crippen molar-refractivity contribution in [2.24, 2.45) is 0 Å². The maximum absolute atomic E-state index is 12.4. The van der Waals surface area contributed by atoms with E-state index < -0.39 is 10.8 Å². The van der Waals surface area contributed by atoms with E-state index in [2.05, 4.69) is 10.3 Å². The first-order valence-electron chi connectivity index (χ1n) is 6.21. The minimum Gasteiger partial charge on any atom is -0.379 e. The third kappa shape index (κ3) is 2.69. The Hall–Kier alpha value is -2.22. The van der Waals surface area contributed by atoms with Crippen LogP contribution in [0.2, 0.25) is 0 Å². The highest BCUT2D eigenvalue weighted by atomic mass is 16.6. The van der Waals surface area contributed by atoms with E-state index in [4.69, 9.17) is 4.74 Å². The molecule has 1 amide bonds. The van der Waals surface area contributed by atoms with Gasteiger partial charge in [0.25, 0.3) is 11.6 Å². The second-order valence-electron chi connectivity index (χ2n) is 4.53. The maximum Gasteiger partial charge on any atom is 0.300 e. The van der Waals surface area contributed by atoms with Crippen molar-refractivity contribution < 1.29 is 14.5 Å². The number of hydrogen-bond donors (Lipinski definition) is 1. The molecule has 1 saturated heterocycles. The summed E-state index contributed by atoms with van der Waals surface area (Å²) in [5.41, 5.74) is -0.261. The highest BCUT2D eigenvalue weighted by Gasteiger charge is 2.29. The first kappa shape index (κ1) is 14.2. The Labute approximate surface area is 115 Å². The fourth-order valence-corrected chi connectivity index (χ4v) is 2.09. The molecule has 2 heterocycles. The lowest BCUT2D eigenvalue weighted by Gasteiger charge is -2.23. The van der Waals surface area contributed by atoms with Crippen molar-refractivity contribution in [2.75, 3.05) is 32.6 Å². The van der Waals surface area contributed by atoms with E-state index in [1.807, 2.05) is 0 Å². The first-order chi connectivity index (χ1) is 9.54. The normalized spacial score (nSPS) is 17.8. The molecule has 0 aromatic carbocycles. The van der Waals surface area contributed by atoms with Gasteiger partial charge in [-0.25, -0.2) is 4.98 Å². The highest BCUT2D eigenvalue weighted by Crippen LogP contribution is 2.23. The van der Waals surface area contributed by atoms with Gasteiger partial charge in [-0.15, -0.1) is 0 Å². The van der Waals surface area contributed by atoms with E-state index in [1.165, 1.54) is 11.0 Å². The van der Waals surface area contributed by atoms with Gasteiger partial charge in [0, 0.05) is 26.8 Å².